The number of amides is 2. The topological polar surface area (TPSA) is 49.6 Å². The van der Waals surface area contributed by atoms with Crippen molar-refractivity contribution in [2.45, 2.75) is 13.8 Å². The summed E-state index contributed by atoms with van der Waals surface area (Å²) in [5.41, 5.74) is 7.20. The van der Waals surface area contributed by atoms with Crippen LogP contribution in [0.25, 0.3) is 0 Å². The van der Waals surface area contributed by atoms with Crippen molar-refractivity contribution in [3.8, 4) is 0 Å². The van der Waals surface area contributed by atoms with Crippen LogP contribution in [0.3, 0.4) is 0 Å². The highest BCUT2D eigenvalue weighted by molar-refractivity contribution is 5.91. The highest BCUT2D eigenvalue weighted by Crippen LogP contribution is 2.17. The van der Waals surface area contributed by atoms with Gasteiger partial charge in [0.05, 0.1) is 0 Å². The average Bonchev–Trinajstić information content (AvgIpc) is 2.31. The van der Waals surface area contributed by atoms with Crippen LogP contribution >= 0.6 is 0 Å². The van der Waals surface area contributed by atoms with E-state index in [4.69, 9.17) is 5.73 Å². The van der Waals surface area contributed by atoms with E-state index >= 15 is 0 Å². The fourth-order valence-corrected chi connectivity index (χ4v) is 1.42. The summed E-state index contributed by atoms with van der Waals surface area (Å²) in [4.78, 5) is 15.4. The summed E-state index contributed by atoms with van der Waals surface area (Å²) in [6, 6.07) is 7.34. The van der Waals surface area contributed by atoms with Gasteiger partial charge in [-0.25, -0.2) is 4.79 Å². The molecule has 2 N–H and O–H groups in total. The lowest BCUT2D eigenvalue weighted by Gasteiger charge is -2.26. The molecule has 1 aromatic carbocycles. The lowest BCUT2D eigenvalue weighted by Crippen LogP contribution is -2.41. The number of nitrogen functional groups attached to an aromatic ring is 1. The van der Waals surface area contributed by atoms with Crippen LogP contribution in [0.5, 0.6) is 0 Å². The Morgan fingerprint density at radius 2 is 1.75 bits per heavy atom. The number of nitrogens with zero attached hydrogens (tertiary/aromatic N) is 2. The number of nitrogens with two attached hydrogens (primary N) is 1. The molecule has 0 radical (unpaired) electrons. The largest absolute Gasteiger partial charge is 0.399 e. The van der Waals surface area contributed by atoms with Gasteiger partial charge in [0, 0.05) is 31.5 Å². The molecule has 0 bridgehead atoms. The van der Waals surface area contributed by atoms with Gasteiger partial charge in [-0.1, -0.05) is 0 Å². The minimum absolute atomic E-state index is 0.00905. The highest BCUT2D eigenvalue weighted by atomic mass is 16.2. The fraction of sp³-hybridized carbons (Fsp3) is 0.417. The lowest BCUT2D eigenvalue weighted by atomic mass is 10.2. The van der Waals surface area contributed by atoms with Crippen LogP contribution in [0.4, 0.5) is 16.2 Å². The molecule has 0 aromatic heterocycles. The van der Waals surface area contributed by atoms with Gasteiger partial charge in [-0.2, -0.15) is 0 Å². The number of anilines is 2. The van der Waals surface area contributed by atoms with E-state index in [0.29, 0.717) is 18.8 Å². The van der Waals surface area contributed by atoms with Crippen LogP contribution in [0.2, 0.25) is 0 Å². The molecular formula is C12H19N3O. The molecule has 0 fully saturated rings. The molecule has 0 unspecified atom stereocenters. The van der Waals surface area contributed by atoms with Crippen LogP contribution in [-0.2, 0) is 0 Å². The van der Waals surface area contributed by atoms with Crippen molar-refractivity contribution < 1.29 is 4.79 Å². The van der Waals surface area contributed by atoms with E-state index < -0.39 is 0 Å². The third-order valence-electron chi connectivity index (χ3n) is 2.55. The zero-order valence-corrected chi connectivity index (χ0v) is 10.1. The van der Waals surface area contributed by atoms with Gasteiger partial charge in [-0.15, -0.1) is 0 Å². The highest BCUT2D eigenvalue weighted by Gasteiger charge is 2.16. The molecule has 4 heteroatoms. The Hall–Kier alpha value is -1.71. The summed E-state index contributed by atoms with van der Waals surface area (Å²) in [6.45, 7) is 5.25. The maximum atomic E-state index is 12.0. The molecule has 4 nitrogen and oxygen atoms in total. The Labute approximate surface area is 96.6 Å². The van der Waals surface area contributed by atoms with Crippen LogP contribution in [0.1, 0.15) is 13.8 Å². The monoisotopic (exact) mass is 221 g/mol. The Balaban J connectivity index is 2.90. The molecule has 0 aliphatic heterocycles. The number of benzene rings is 1. The molecule has 2 amide bonds. The third-order valence-corrected chi connectivity index (χ3v) is 2.55. The molecule has 0 atom stereocenters. The van der Waals surface area contributed by atoms with Crippen LogP contribution in [0.15, 0.2) is 24.3 Å². The Bertz CT molecular complexity index is 348. The van der Waals surface area contributed by atoms with E-state index in [1.54, 1.807) is 29.0 Å². The predicted molar refractivity (Wildman–Crippen MR) is 67.6 cm³/mol. The minimum Gasteiger partial charge on any atom is -0.399 e. The second kappa shape index (κ2) is 5.39. The summed E-state index contributed by atoms with van der Waals surface area (Å²) in [5.74, 6) is 0. The van der Waals surface area contributed by atoms with E-state index in [2.05, 4.69) is 0 Å². The van der Waals surface area contributed by atoms with Crippen molar-refractivity contribution in [1.29, 1.82) is 0 Å². The molecular weight excluding hydrogens is 202 g/mol. The first kappa shape index (κ1) is 12.4. The molecule has 88 valence electrons. The molecule has 1 rings (SSSR count). The minimum atomic E-state index is 0.00905. The van der Waals surface area contributed by atoms with E-state index in [9.17, 15) is 4.79 Å². The molecule has 0 saturated heterocycles. The summed E-state index contributed by atoms with van der Waals surface area (Å²) in [6.07, 6.45) is 0. The number of urea groups is 1. The number of carbonyl (C=O) groups is 1. The number of hydrogen-bond acceptors (Lipinski definition) is 2. The van der Waals surface area contributed by atoms with Crippen molar-refractivity contribution in [3.05, 3.63) is 24.3 Å². The van der Waals surface area contributed by atoms with Crippen molar-refractivity contribution >= 4 is 17.4 Å². The average molecular weight is 221 g/mol. The standard InChI is InChI=1S/C12H19N3O/c1-4-14(3)12(16)15(5-2)11-8-6-10(13)7-9-11/h6-9H,4-5,13H2,1-3H3. The van der Waals surface area contributed by atoms with E-state index in [1.165, 1.54) is 0 Å². The quantitative estimate of drug-likeness (QED) is 0.795. The second-order valence-corrected chi connectivity index (χ2v) is 3.63. The zero-order valence-electron chi connectivity index (χ0n) is 10.1. The molecule has 0 saturated carbocycles. The Morgan fingerprint density at radius 1 is 1.19 bits per heavy atom. The fourth-order valence-electron chi connectivity index (χ4n) is 1.42. The number of carbonyl (C=O) groups excluding carboxylic acids is 1. The van der Waals surface area contributed by atoms with Crippen LogP contribution in [0, 0.1) is 0 Å². The van der Waals surface area contributed by atoms with Crippen molar-refractivity contribution in [3.63, 3.8) is 0 Å². The SMILES string of the molecule is CCN(C)C(=O)N(CC)c1ccc(N)cc1. The summed E-state index contributed by atoms with van der Waals surface area (Å²) >= 11 is 0. The maximum Gasteiger partial charge on any atom is 0.324 e. The first-order chi connectivity index (χ1) is 7.60. The van der Waals surface area contributed by atoms with E-state index in [0.717, 1.165) is 5.69 Å². The van der Waals surface area contributed by atoms with E-state index in [-0.39, 0.29) is 6.03 Å². The van der Waals surface area contributed by atoms with Gasteiger partial charge in [0.2, 0.25) is 0 Å². The van der Waals surface area contributed by atoms with Crippen LogP contribution < -0.4 is 10.6 Å². The first-order valence-electron chi connectivity index (χ1n) is 5.48. The van der Waals surface area contributed by atoms with Crippen LogP contribution in [-0.4, -0.2) is 31.1 Å². The molecule has 0 aliphatic rings. The normalized spacial score (nSPS) is 9.94. The van der Waals surface area contributed by atoms with Gasteiger partial charge in [0.25, 0.3) is 0 Å². The van der Waals surface area contributed by atoms with Crippen molar-refractivity contribution in [2.75, 3.05) is 30.8 Å². The van der Waals surface area contributed by atoms with Gasteiger partial charge in [0.15, 0.2) is 0 Å². The van der Waals surface area contributed by atoms with Gasteiger partial charge < -0.3 is 10.6 Å². The maximum absolute atomic E-state index is 12.0. The third kappa shape index (κ3) is 2.66. The van der Waals surface area contributed by atoms with Crippen molar-refractivity contribution in [2.24, 2.45) is 0 Å². The molecule has 0 spiro atoms. The molecule has 1 aromatic rings. The van der Waals surface area contributed by atoms with Gasteiger partial charge in [-0.05, 0) is 38.1 Å². The summed E-state index contributed by atoms with van der Waals surface area (Å²) < 4.78 is 0. The zero-order chi connectivity index (χ0) is 12.1. The molecule has 0 aliphatic carbocycles. The lowest BCUT2D eigenvalue weighted by molar-refractivity contribution is 0.218. The summed E-state index contributed by atoms with van der Waals surface area (Å²) in [7, 11) is 1.79. The van der Waals surface area contributed by atoms with Gasteiger partial charge >= 0.3 is 6.03 Å². The van der Waals surface area contributed by atoms with E-state index in [1.807, 2.05) is 26.0 Å². The van der Waals surface area contributed by atoms with Gasteiger partial charge in [-0.3, -0.25) is 4.90 Å². The van der Waals surface area contributed by atoms with Crippen molar-refractivity contribution in [1.82, 2.24) is 4.90 Å². The summed E-state index contributed by atoms with van der Waals surface area (Å²) in [5, 5.41) is 0. The number of rotatable bonds is 3. The molecule has 0 heterocycles. The smallest absolute Gasteiger partial charge is 0.324 e. The van der Waals surface area contributed by atoms with Gasteiger partial charge in [0.1, 0.15) is 0 Å². The predicted octanol–water partition coefficient (Wildman–Crippen LogP) is 2.17. The Morgan fingerprint density at radius 3 is 2.19 bits per heavy atom. The molecule has 16 heavy (non-hydrogen) atoms. The first-order valence-corrected chi connectivity index (χ1v) is 5.48. The Kier molecular flexibility index (Phi) is 4.17. The number of hydrogen-bond donors (Lipinski definition) is 1. The second-order valence-electron chi connectivity index (χ2n) is 3.63.